The summed E-state index contributed by atoms with van der Waals surface area (Å²) >= 11 is 0. The van der Waals surface area contributed by atoms with Gasteiger partial charge in [-0.25, -0.2) is 13.4 Å². The number of hydrogen-bond acceptors (Lipinski definition) is 4. The smallest absolute Gasteiger partial charge is 0.156 e. The molecule has 0 unspecified atom stereocenters. The maximum Gasteiger partial charge on any atom is 0.156 e. The van der Waals surface area contributed by atoms with Gasteiger partial charge in [-0.1, -0.05) is 6.07 Å². The van der Waals surface area contributed by atoms with E-state index in [1.807, 2.05) is 0 Å². The summed E-state index contributed by atoms with van der Waals surface area (Å²) < 4.78 is 23.1. The van der Waals surface area contributed by atoms with Gasteiger partial charge in [-0.2, -0.15) is 0 Å². The van der Waals surface area contributed by atoms with Crippen LogP contribution < -0.4 is 5.73 Å². The summed E-state index contributed by atoms with van der Waals surface area (Å²) in [7, 11) is -3.09. The minimum absolute atomic E-state index is 0.0374. The van der Waals surface area contributed by atoms with Gasteiger partial charge in [0.15, 0.2) is 9.84 Å². The first kappa shape index (κ1) is 11.0. The number of sulfone groups is 1. The Labute approximate surface area is 84.1 Å². The Kier molecular flexibility index (Phi) is 3.10. The Morgan fingerprint density at radius 1 is 1.50 bits per heavy atom. The molecule has 5 heteroatoms. The number of pyridine rings is 1. The van der Waals surface area contributed by atoms with E-state index >= 15 is 0 Å². The van der Waals surface area contributed by atoms with Gasteiger partial charge < -0.3 is 5.73 Å². The lowest BCUT2D eigenvalue weighted by atomic mass is 10.3. The summed E-state index contributed by atoms with van der Waals surface area (Å²) in [5.41, 5.74) is 6.12. The van der Waals surface area contributed by atoms with E-state index in [1.54, 1.807) is 32.2 Å². The predicted molar refractivity (Wildman–Crippen MR) is 56.4 cm³/mol. The minimum atomic E-state index is -3.09. The lowest BCUT2D eigenvalue weighted by Gasteiger charge is -2.08. The summed E-state index contributed by atoms with van der Waals surface area (Å²) in [6.45, 7) is 3.31. The van der Waals surface area contributed by atoms with Crippen LogP contribution in [0.2, 0.25) is 0 Å². The molecule has 4 nitrogen and oxygen atoms in total. The quantitative estimate of drug-likeness (QED) is 0.814. The van der Waals surface area contributed by atoms with Crippen LogP contribution in [0.4, 0.5) is 5.82 Å². The molecule has 1 aromatic rings. The van der Waals surface area contributed by atoms with Crippen molar-refractivity contribution in [3.8, 4) is 0 Å². The van der Waals surface area contributed by atoms with Gasteiger partial charge in [0.2, 0.25) is 0 Å². The van der Waals surface area contributed by atoms with E-state index in [-0.39, 0.29) is 16.8 Å². The van der Waals surface area contributed by atoms with E-state index in [0.29, 0.717) is 5.56 Å². The fourth-order valence-corrected chi connectivity index (χ4v) is 1.97. The van der Waals surface area contributed by atoms with Crippen molar-refractivity contribution in [1.82, 2.24) is 4.98 Å². The van der Waals surface area contributed by atoms with Crippen molar-refractivity contribution in [2.24, 2.45) is 0 Å². The Bertz CT molecular complexity index is 413. The lowest BCUT2D eigenvalue weighted by molar-refractivity contribution is 0.586. The molecule has 78 valence electrons. The van der Waals surface area contributed by atoms with Gasteiger partial charge in [-0.05, 0) is 19.9 Å². The SMILES string of the molecule is CC(C)S(=O)(=O)Cc1cccnc1N. The molecular formula is C9H14N2O2S. The first-order valence-electron chi connectivity index (χ1n) is 4.34. The molecule has 14 heavy (non-hydrogen) atoms. The van der Waals surface area contributed by atoms with Gasteiger partial charge in [0.05, 0.1) is 11.0 Å². The van der Waals surface area contributed by atoms with E-state index in [9.17, 15) is 8.42 Å². The zero-order valence-electron chi connectivity index (χ0n) is 8.27. The number of nitrogen functional groups attached to an aromatic ring is 1. The molecule has 0 aliphatic carbocycles. The van der Waals surface area contributed by atoms with Crippen LogP contribution >= 0.6 is 0 Å². The molecule has 2 N–H and O–H groups in total. The van der Waals surface area contributed by atoms with Crippen LogP contribution in [0.15, 0.2) is 18.3 Å². The van der Waals surface area contributed by atoms with Gasteiger partial charge in [-0.15, -0.1) is 0 Å². The van der Waals surface area contributed by atoms with Crippen LogP contribution in [-0.4, -0.2) is 18.7 Å². The highest BCUT2D eigenvalue weighted by molar-refractivity contribution is 7.91. The van der Waals surface area contributed by atoms with Crippen molar-refractivity contribution in [3.63, 3.8) is 0 Å². The number of rotatable bonds is 3. The van der Waals surface area contributed by atoms with Crippen molar-refractivity contribution < 1.29 is 8.42 Å². The molecule has 1 heterocycles. The average Bonchev–Trinajstić information content (AvgIpc) is 2.08. The predicted octanol–water partition coefficient (Wildman–Crippen LogP) is 0.987. The standard InChI is InChI=1S/C9H14N2O2S/c1-7(2)14(12,13)6-8-4-3-5-11-9(8)10/h3-5,7H,6H2,1-2H3,(H2,10,11). The number of nitrogens with zero attached hydrogens (tertiary/aromatic N) is 1. The molecule has 1 rings (SSSR count). The Morgan fingerprint density at radius 3 is 2.64 bits per heavy atom. The van der Waals surface area contributed by atoms with Gasteiger partial charge in [0.1, 0.15) is 5.82 Å². The zero-order valence-corrected chi connectivity index (χ0v) is 9.08. The Morgan fingerprint density at radius 2 is 2.14 bits per heavy atom. The average molecular weight is 214 g/mol. The second-order valence-corrected chi connectivity index (χ2v) is 5.96. The Balaban J connectivity index is 2.96. The van der Waals surface area contributed by atoms with Gasteiger partial charge in [0.25, 0.3) is 0 Å². The lowest BCUT2D eigenvalue weighted by Crippen LogP contribution is -2.17. The third kappa shape index (κ3) is 2.45. The molecule has 1 aromatic heterocycles. The number of aromatic nitrogens is 1. The number of hydrogen-bond donors (Lipinski definition) is 1. The zero-order chi connectivity index (χ0) is 10.8. The molecule has 0 fully saturated rings. The summed E-state index contributed by atoms with van der Waals surface area (Å²) in [5, 5.41) is -0.387. The van der Waals surface area contributed by atoms with Crippen LogP contribution in [0.25, 0.3) is 0 Å². The first-order valence-corrected chi connectivity index (χ1v) is 6.06. The van der Waals surface area contributed by atoms with Crippen molar-refractivity contribution >= 4 is 15.7 Å². The second-order valence-electron chi connectivity index (χ2n) is 3.40. The molecule has 0 bridgehead atoms. The molecule has 0 saturated heterocycles. The molecule has 0 radical (unpaired) electrons. The normalized spacial score (nSPS) is 11.9. The van der Waals surface area contributed by atoms with Crippen molar-refractivity contribution in [2.75, 3.05) is 5.73 Å². The molecule has 0 saturated carbocycles. The molecule has 0 amide bonds. The molecule has 0 aliphatic rings. The van der Waals surface area contributed by atoms with Crippen LogP contribution in [-0.2, 0) is 15.6 Å². The number of nitrogens with two attached hydrogens (primary N) is 1. The van der Waals surface area contributed by atoms with Gasteiger partial charge in [0, 0.05) is 11.8 Å². The van der Waals surface area contributed by atoms with Crippen molar-refractivity contribution in [3.05, 3.63) is 23.9 Å². The van der Waals surface area contributed by atoms with E-state index in [4.69, 9.17) is 5.73 Å². The highest BCUT2D eigenvalue weighted by Crippen LogP contribution is 2.14. The third-order valence-corrected chi connectivity index (χ3v) is 4.15. The minimum Gasteiger partial charge on any atom is -0.383 e. The van der Waals surface area contributed by atoms with Gasteiger partial charge >= 0.3 is 0 Å². The van der Waals surface area contributed by atoms with Crippen LogP contribution in [0, 0.1) is 0 Å². The van der Waals surface area contributed by atoms with Crippen LogP contribution in [0.1, 0.15) is 19.4 Å². The highest BCUT2D eigenvalue weighted by Gasteiger charge is 2.18. The van der Waals surface area contributed by atoms with Crippen LogP contribution in [0.5, 0.6) is 0 Å². The fraction of sp³-hybridized carbons (Fsp3) is 0.444. The van der Waals surface area contributed by atoms with E-state index in [1.165, 1.54) is 0 Å². The molecule has 0 spiro atoms. The van der Waals surface area contributed by atoms with E-state index in [2.05, 4.69) is 4.98 Å². The Hall–Kier alpha value is -1.10. The van der Waals surface area contributed by atoms with E-state index in [0.717, 1.165) is 0 Å². The fourth-order valence-electron chi connectivity index (χ4n) is 0.956. The summed E-state index contributed by atoms with van der Waals surface area (Å²) in [6.07, 6.45) is 1.54. The van der Waals surface area contributed by atoms with Crippen LogP contribution in [0.3, 0.4) is 0 Å². The monoisotopic (exact) mass is 214 g/mol. The topological polar surface area (TPSA) is 73.0 Å². The van der Waals surface area contributed by atoms with Crippen molar-refractivity contribution in [2.45, 2.75) is 24.9 Å². The summed E-state index contributed by atoms with van der Waals surface area (Å²) in [6, 6.07) is 3.36. The maximum atomic E-state index is 11.6. The summed E-state index contributed by atoms with van der Waals surface area (Å²) in [4.78, 5) is 3.84. The summed E-state index contributed by atoms with van der Waals surface area (Å²) in [5.74, 6) is 0.251. The van der Waals surface area contributed by atoms with Crippen molar-refractivity contribution in [1.29, 1.82) is 0 Å². The number of anilines is 1. The molecule has 0 aromatic carbocycles. The first-order chi connectivity index (χ1) is 6.43. The molecule has 0 aliphatic heterocycles. The third-order valence-electron chi connectivity index (χ3n) is 2.00. The largest absolute Gasteiger partial charge is 0.383 e. The highest BCUT2D eigenvalue weighted by atomic mass is 32.2. The van der Waals surface area contributed by atoms with E-state index < -0.39 is 9.84 Å². The second kappa shape index (κ2) is 3.96. The molecule has 0 atom stereocenters. The van der Waals surface area contributed by atoms with Gasteiger partial charge in [-0.3, -0.25) is 0 Å². The molecular weight excluding hydrogens is 200 g/mol. The maximum absolute atomic E-state index is 11.6.